The molecule has 1 aliphatic rings. The van der Waals surface area contributed by atoms with E-state index in [1.807, 2.05) is 30.5 Å². The molecule has 4 aromatic rings. The van der Waals surface area contributed by atoms with Crippen molar-refractivity contribution in [2.24, 2.45) is 0 Å². The second kappa shape index (κ2) is 18.9. The van der Waals surface area contributed by atoms with Crippen molar-refractivity contribution in [3.05, 3.63) is 69.2 Å². The summed E-state index contributed by atoms with van der Waals surface area (Å²) in [7, 11) is 1.28. The Balaban J connectivity index is 1.17. The highest BCUT2D eigenvalue weighted by Gasteiger charge is 2.47. The van der Waals surface area contributed by atoms with Crippen LogP contribution in [0.1, 0.15) is 72.4 Å². The second-order valence-corrected chi connectivity index (χ2v) is 13.5. The molecule has 5 rings (SSSR count). The van der Waals surface area contributed by atoms with E-state index in [0.717, 1.165) is 74.5 Å². The number of aryl methyl sites for hydroxylation is 3. The van der Waals surface area contributed by atoms with Crippen molar-refractivity contribution in [2.45, 2.75) is 109 Å². The molecule has 1 fully saturated rings. The predicted octanol–water partition coefficient (Wildman–Crippen LogP) is 4.61. The van der Waals surface area contributed by atoms with Crippen LogP contribution in [0, 0.1) is 6.92 Å². The number of para-hydroxylation sites is 2. The molecular formula is C36H45Cl2N5O9. The van der Waals surface area contributed by atoms with E-state index in [9.17, 15) is 24.9 Å². The number of imidazole rings is 1. The molecule has 14 nitrogen and oxygen atoms in total. The highest BCUT2D eigenvalue weighted by Crippen LogP contribution is 2.39. The van der Waals surface area contributed by atoms with E-state index in [-0.39, 0.29) is 28.0 Å². The molecule has 16 heteroatoms. The number of aldehydes is 1. The number of aromatic nitrogens is 5. The number of carbonyl (C=O) groups excluding carboxylic acids is 2. The smallest absolute Gasteiger partial charge is 0.339 e. The maximum Gasteiger partial charge on any atom is 0.339 e. The van der Waals surface area contributed by atoms with E-state index < -0.39 is 43.3 Å². The van der Waals surface area contributed by atoms with Crippen LogP contribution < -0.4 is 4.74 Å². The fraction of sp³-hybridized carbons (Fsp3) is 0.528. The lowest BCUT2D eigenvalue weighted by Gasteiger charge is -2.40. The van der Waals surface area contributed by atoms with E-state index >= 15 is 0 Å². The van der Waals surface area contributed by atoms with Crippen LogP contribution in [0.2, 0.25) is 10.0 Å². The Bertz CT molecular complexity index is 1800. The molecule has 52 heavy (non-hydrogen) atoms. The Kier molecular flexibility index (Phi) is 14.4. The van der Waals surface area contributed by atoms with Gasteiger partial charge < -0.3 is 43.6 Å². The lowest BCUT2D eigenvalue weighted by molar-refractivity contribution is -0.293. The number of hydrogen-bond acceptors (Lipinski definition) is 12. The van der Waals surface area contributed by atoms with Gasteiger partial charge in [-0.05, 0) is 56.4 Å². The zero-order chi connectivity index (χ0) is 37.2. The Morgan fingerprint density at radius 2 is 1.83 bits per heavy atom. The number of aliphatic hydroxyl groups is 3. The first-order valence-electron chi connectivity index (χ1n) is 17.4. The topological polar surface area (TPSA) is 180 Å². The Morgan fingerprint density at radius 1 is 1.06 bits per heavy atom. The molecule has 282 valence electrons. The van der Waals surface area contributed by atoms with Crippen molar-refractivity contribution in [3.8, 4) is 5.75 Å². The van der Waals surface area contributed by atoms with Gasteiger partial charge >= 0.3 is 5.97 Å². The Morgan fingerprint density at radius 3 is 2.60 bits per heavy atom. The number of methoxy groups -OCH3 is 1. The minimum Gasteiger partial charge on any atom is -0.483 e. The molecule has 0 unspecified atom stereocenters. The van der Waals surface area contributed by atoms with Gasteiger partial charge in [0.2, 0.25) is 0 Å². The molecule has 0 aliphatic carbocycles. The average molecular weight is 763 g/mol. The van der Waals surface area contributed by atoms with Crippen molar-refractivity contribution in [1.29, 1.82) is 0 Å². The quantitative estimate of drug-likeness (QED) is 0.0688. The third kappa shape index (κ3) is 9.47. The summed E-state index contributed by atoms with van der Waals surface area (Å²) in [6.45, 7) is 2.55. The average Bonchev–Trinajstić information content (AvgIpc) is 3.75. The van der Waals surface area contributed by atoms with Gasteiger partial charge in [0.05, 0.1) is 38.9 Å². The number of aliphatic hydroxyl groups excluding tert-OH is 3. The van der Waals surface area contributed by atoms with E-state index in [1.54, 1.807) is 11.6 Å². The summed E-state index contributed by atoms with van der Waals surface area (Å²) in [4.78, 5) is 28.6. The van der Waals surface area contributed by atoms with Crippen molar-refractivity contribution < 1.29 is 43.9 Å². The number of ether oxygens (including phenoxy) is 4. The summed E-state index contributed by atoms with van der Waals surface area (Å²) in [6, 6.07) is 9.24. The fourth-order valence-electron chi connectivity index (χ4n) is 6.22. The molecule has 2 aromatic carbocycles. The maximum absolute atomic E-state index is 13.3. The van der Waals surface area contributed by atoms with Gasteiger partial charge in [0.25, 0.3) is 0 Å². The highest BCUT2D eigenvalue weighted by atomic mass is 35.5. The van der Waals surface area contributed by atoms with E-state index in [1.165, 1.54) is 13.2 Å². The molecule has 0 amide bonds. The molecule has 0 spiro atoms. The van der Waals surface area contributed by atoms with Crippen molar-refractivity contribution >= 4 is 46.5 Å². The zero-order valence-electron chi connectivity index (χ0n) is 29.2. The summed E-state index contributed by atoms with van der Waals surface area (Å²) in [5, 5.41) is 38.9. The van der Waals surface area contributed by atoms with Crippen molar-refractivity contribution in [3.63, 3.8) is 0 Å². The van der Waals surface area contributed by atoms with Crippen molar-refractivity contribution in [2.75, 3.05) is 13.7 Å². The minimum absolute atomic E-state index is 0.0211. The summed E-state index contributed by atoms with van der Waals surface area (Å²) in [6.07, 6.45) is 3.36. The highest BCUT2D eigenvalue weighted by molar-refractivity contribution is 6.38. The number of fused-ring (bicyclic) bond motifs is 1. The van der Waals surface area contributed by atoms with Crippen LogP contribution in [-0.2, 0) is 45.1 Å². The van der Waals surface area contributed by atoms with E-state index in [2.05, 4.69) is 14.9 Å². The molecule has 2 aromatic heterocycles. The van der Waals surface area contributed by atoms with E-state index in [4.69, 9.17) is 47.1 Å². The van der Waals surface area contributed by atoms with Gasteiger partial charge in [-0.25, -0.2) is 9.78 Å². The van der Waals surface area contributed by atoms with E-state index in [0.29, 0.717) is 24.4 Å². The number of benzene rings is 2. The molecule has 3 N–H and O–H groups in total. The third-order valence-corrected chi connectivity index (χ3v) is 9.87. The van der Waals surface area contributed by atoms with Gasteiger partial charge in [-0.3, -0.25) is 4.68 Å². The molecule has 1 aliphatic heterocycles. The van der Waals surface area contributed by atoms with Gasteiger partial charge in [-0.2, -0.15) is 0 Å². The monoisotopic (exact) mass is 761 g/mol. The summed E-state index contributed by atoms with van der Waals surface area (Å²) < 4.78 is 26.2. The van der Waals surface area contributed by atoms with Crippen LogP contribution in [0.4, 0.5) is 0 Å². The molecular weight excluding hydrogens is 717 g/mol. The molecule has 0 saturated carbocycles. The summed E-state index contributed by atoms with van der Waals surface area (Å²) in [5.41, 5.74) is 3.15. The largest absolute Gasteiger partial charge is 0.483 e. The Hall–Kier alpha value is -3.63. The third-order valence-electron chi connectivity index (χ3n) is 9.13. The number of carbonyl (C=O) groups is 2. The van der Waals surface area contributed by atoms with Crippen molar-refractivity contribution in [1.82, 2.24) is 24.5 Å². The van der Waals surface area contributed by atoms with Crippen LogP contribution in [0.15, 0.2) is 36.5 Å². The van der Waals surface area contributed by atoms with Crippen LogP contribution >= 0.6 is 23.2 Å². The first kappa shape index (κ1) is 39.6. The molecule has 5 atom stereocenters. The predicted molar refractivity (Wildman–Crippen MR) is 191 cm³/mol. The zero-order valence-corrected chi connectivity index (χ0v) is 30.7. The molecule has 0 bridgehead atoms. The number of halogens is 2. The Labute approximate surface area is 311 Å². The van der Waals surface area contributed by atoms with Gasteiger partial charge in [0.15, 0.2) is 18.1 Å². The number of esters is 1. The lowest BCUT2D eigenvalue weighted by atomic mass is 9.99. The normalized spacial score (nSPS) is 20.3. The van der Waals surface area contributed by atoms with Crippen LogP contribution in [0.25, 0.3) is 11.0 Å². The number of nitrogens with zero attached hydrogens (tertiary/aromatic N) is 5. The maximum atomic E-state index is 13.3. The standard InChI is InChI=1S/C36H45Cl2N5O9/c1-22-24(35(48)52-34-32(47)31(46)28(20-45)51-36(34)49-2)18-25(37)33(30(22)38)50-21-29-39-26-13-7-8-14-27(26)43(29)16-9-5-3-4-6-12-23-19-42(41-40-23)15-10-11-17-44/h7-8,13-14,17-19,28,31-32,34,36,45-47H,3-6,9-12,15-16,20-21H2,1-2H3/t28-,31-,32+,34-,36+/m1/s1. The fourth-order valence-corrected chi connectivity index (χ4v) is 6.79. The minimum atomic E-state index is -1.58. The lowest BCUT2D eigenvalue weighted by Crippen LogP contribution is -2.60. The first-order chi connectivity index (χ1) is 25.2. The second-order valence-electron chi connectivity index (χ2n) is 12.7. The van der Waals surface area contributed by atoms with Gasteiger partial charge in [-0.15, -0.1) is 5.10 Å². The summed E-state index contributed by atoms with van der Waals surface area (Å²) in [5.74, 6) is -0.00878. The molecule has 0 radical (unpaired) electrons. The van der Waals surface area contributed by atoms with Gasteiger partial charge in [0, 0.05) is 32.8 Å². The SMILES string of the molecule is CO[C@H]1O[C@H](CO)[C@@H](O)[C@H](O)[C@H]1OC(=O)c1cc(Cl)c(OCc2nc3ccccc3n2CCCCCCCc2cn(CCCC=O)nn2)c(Cl)c1C. The number of unbranched alkanes of at least 4 members (excludes halogenated alkanes) is 5. The van der Waals surface area contributed by atoms with Crippen LogP contribution in [-0.4, -0.2) is 96.5 Å². The summed E-state index contributed by atoms with van der Waals surface area (Å²) >= 11 is 13.3. The van der Waals surface area contributed by atoms with Crippen LogP contribution in [0.5, 0.6) is 5.75 Å². The number of hydrogen-bond donors (Lipinski definition) is 3. The number of rotatable bonds is 19. The van der Waals surface area contributed by atoms with Crippen LogP contribution in [0.3, 0.4) is 0 Å². The molecule has 1 saturated heterocycles. The van der Waals surface area contributed by atoms with Gasteiger partial charge in [0.1, 0.15) is 37.0 Å². The molecule has 3 heterocycles. The first-order valence-corrected chi connectivity index (χ1v) is 18.2. The van der Waals surface area contributed by atoms with Gasteiger partial charge in [-0.1, -0.05) is 59.8 Å².